The number of carboxylic acids is 1. The van der Waals surface area contributed by atoms with E-state index in [1.54, 1.807) is 0 Å². The Morgan fingerprint density at radius 1 is 1.38 bits per heavy atom. The number of aliphatic carboxylic acids is 1. The molecule has 3 nitrogen and oxygen atoms in total. The molecule has 0 aliphatic carbocycles. The molecule has 0 amide bonds. The van der Waals surface area contributed by atoms with Gasteiger partial charge in [0.1, 0.15) is 0 Å². The highest BCUT2D eigenvalue weighted by atomic mass is 16.4. The van der Waals surface area contributed by atoms with E-state index in [4.69, 9.17) is 5.11 Å². The van der Waals surface area contributed by atoms with Gasteiger partial charge in [0.05, 0.1) is 0 Å². The number of rotatable bonds is 4. The van der Waals surface area contributed by atoms with Crippen LogP contribution < -0.4 is 0 Å². The summed E-state index contributed by atoms with van der Waals surface area (Å²) in [6.45, 7) is 4.78. The van der Waals surface area contributed by atoms with Crippen LogP contribution in [-0.4, -0.2) is 22.5 Å². The lowest BCUT2D eigenvalue weighted by Crippen LogP contribution is -2.24. The molecule has 0 spiro atoms. The van der Waals surface area contributed by atoms with Gasteiger partial charge in [0.2, 0.25) is 0 Å². The van der Waals surface area contributed by atoms with Gasteiger partial charge in [0, 0.05) is 26.1 Å². The highest BCUT2D eigenvalue weighted by molar-refractivity contribution is 5.66. The van der Waals surface area contributed by atoms with E-state index in [0.29, 0.717) is 0 Å². The van der Waals surface area contributed by atoms with Crippen LogP contribution in [0.1, 0.15) is 24.5 Å². The molecule has 1 heterocycles. The van der Waals surface area contributed by atoms with Gasteiger partial charge in [-0.15, -0.1) is 0 Å². The van der Waals surface area contributed by atoms with Gasteiger partial charge in [0.15, 0.2) is 0 Å². The number of nitrogens with zero attached hydrogens (tertiary/aromatic N) is 1. The Hall–Kier alpha value is -1.35. The second-order valence-corrected chi connectivity index (χ2v) is 4.64. The van der Waals surface area contributed by atoms with Crippen molar-refractivity contribution >= 4 is 5.97 Å². The van der Waals surface area contributed by atoms with E-state index in [-0.39, 0.29) is 12.3 Å². The van der Waals surface area contributed by atoms with Crippen LogP contribution in [0.4, 0.5) is 0 Å². The quantitative estimate of drug-likeness (QED) is 0.843. The van der Waals surface area contributed by atoms with Crippen molar-refractivity contribution in [3.63, 3.8) is 0 Å². The molecule has 1 aliphatic rings. The lowest BCUT2D eigenvalue weighted by Gasteiger charge is -2.18. The third kappa shape index (κ3) is 2.61. The smallest absolute Gasteiger partial charge is 0.303 e. The summed E-state index contributed by atoms with van der Waals surface area (Å²) in [5, 5.41) is 8.71. The monoisotopic (exact) mass is 219 g/mol. The topological polar surface area (TPSA) is 40.5 Å². The molecular weight excluding hydrogens is 202 g/mol. The second kappa shape index (κ2) is 4.66. The molecule has 0 fully saturated rings. The lowest BCUT2D eigenvalue weighted by molar-refractivity contribution is -0.138. The molecule has 0 bridgehead atoms. The maximum atomic E-state index is 10.6. The van der Waals surface area contributed by atoms with Gasteiger partial charge in [-0.25, -0.2) is 0 Å². The van der Waals surface area contributed by atoms with Gasteiger partial charge < -0.3 is 5.11 Å². The van der Waals surface area contributed by atoms with Crippen molar-refractivity contribution in [1.82, 2.24) is 4.90 Å². The molecule has 1 aliphatic heterocycles. The Balaban J connectivity index is 1.89. The van der Waals surface area contributed by atoms with Crippen LogP contribution in [0, 0.1) is 5.92 Å². The van der Waals surface area contributed by atoms with E-state index in [1.165, 1.54) is 11.1 Å². The van der Waals surface area contributed by atoms with Crippen molar-refractivity contribution in [3.05, 3.63) is 35.4 Å². The third-order valence-corrected chi connectivity index (χ3v) is 3.00. The number of fused-ring (bicyclic) bond motifs is 1. The molecule has 1 aromatic carbocycles. The van der Waals surface area contributed by atoms with Gasteiger partial charge in [0.25, 0.3) is 0 Å². The van der Waals surface area contributed by atoms with Crippen LogP contribution in [-0.2, 0) is 17.9 Å². The first kappa shape index (κ1) is 11.1. The number of carbonyl (C=O) groups is 1. The number of benzene rings is 1. The zero-order valence-corrected chi connectivity index (χ0v) is 9.52. The molecule has 0 saturated heterocycles. The van der Waals surface area contributed by atoms with Crippen LogP contribution >= 0.6 is 0 Å². The minimum atomic E-state index is -0.704. The van der Waals surface area contributed by atoms with Crippen LogP contribution in [0.2, 0.25) is 0 Å². The summed E-state index contributed by atoms with van der Waals surface area (Å²) >= 11 is 0. The van der Waals surface area contributed by atoms with Crippen molar-refractivity contribution in [1.29, 1.82) is 0 Å². The summed E-state index contributed by atoms with van der Waals surface area (Å²) in [7, 11) is 0. The minimum Gasteiger partial charge on any atom is -0.481 e. The zero-order chi connectivity index (χ0) is 11.5. The Bertz CT molecular complexity index is 364. The summed E-state index contributed by atoms with van der Waals surface area (Å²) in [4.78, 5) is 12.9. The maximum absolute atomic E-state index is 10.6. The van der Waals surface area contributed by atoms with E-state index < -0.39 is 5.97 Å². The fourth-order valence-corrected chi connectivity index (χ4v) is 2.34. The second-order valence-electron chi connectivity index (χ2n) is 4.64. The Labute approximate surface area is 95.7 Å². The Kier molecular flexibility index (Phi) is 3.25. The van der Waals surface area contributed by atoms with Gasteiger partial charge in [-0.05, 0) is 17.0 Å². The normalized spacial score (nSPS) is 17.1. The Morgan fingerprint density at radius 2 is 1.94 bits per heavy atom. The van der Waals surface area contributed by atoms with E-state index in [9.17, 15) is 4.79 Å². The highest BCUT2D eigenvalue weighted by Gasteiger charge is 2.20. The van der Waals surface area contributed by atoms with Crippen molar-refractivity contribution < 1.29 is 9.90 Å². The van der Waals surface area contributed by atoms with Gasteiger partial charge in [-0.3, -0.25) is 9.69 Å². The molecule has 0 aromatic heterocycles. The molecule has 1 atom stereocenters. The van der Waals surface area contributed by atoms with Crippen molar-refractivity contribution in [2.75, 3.05) is 6.54 Å². The molecule has 0 saturated carbocycles. The standard InChI is InChI=1S/C13H17NO2/c1-10(6-13(15)16)7-14-8-11-4-2-3-5-12(11)9-14/h2-5,10H,6-9H2,1H3,(H,15,16). The summed E-state index contributed by atoms with van der Waals surface area (Å²) in [5.41, 5.74) is 2.76. The number of hydrogen-bond acceptors (Lipinski definition) is 2. The fourth-order valence-electron chi connectivity index (χ4n) is 2.34. The molecular formula is C13H17NO2. The van der Waals surface area contributed by atoms with E-state index in [0.717, 1.165) is 19.6 Å². The number of carboxylic acid groups (broad SMARTS) is 1. The average molecular weight is 219 g/mol. The predicted octanol–water partition coefficient (Wildman–Crippen LogP) is 2.11. The summed E-state index contributed by atoms with van der Waals surface area (Å²) < 4.78 is 0. The van der Waals surface area contributed by atoms with Gasteiger partial charge >= 0.3 is 5.97 Å². The molecule has 86 valence electrons. The average Bonchev–Trinajstić information content (AvgIpc) is 2.57. The van der Waals surface area contributed by atoms with Crippen molar-refractivity contribution in [2.45, 2.75) is 26.4 Å². The van der Waals surface area contributed by atoms with Crippen molar-refractivity contribution in [2.24, 2.45) is 5.92 Å². The molecule has 16 heavy (non-hydrogen) atoms. The molecule has 1 aromatic rings. The summed E-state index contributed by atoms with van der Waals surface area (Å²) in [6, 6.07) is 8.42. The van der Waals surface area contributed by atoms with E-state index in [1.807, 2.05) is 6.92 Å². The predicted molar refractivity (Wildman–Crippen MR) is 62.0 cm³/mol. The van der Waals surface area contributed by atoms with Crippen LogP contribution in [0.15, 0.2) is 24.3 Å². The minimum absolute atomic E-state index is 0.215. The van der Waals surface area contributed by atoms with Crippen LogP contribution in [0.25, 0.3) is 0 Å². The summed E-state index contributed by atoms with van der Waals surface area (Å²) in [5.74, 6) is -0.490. The molecule has 3 heteroatoms. The van der Waals surface area contributed by atoms with E-state index >= 15 is 0 Å². The molecule has 2 rings (SSSR count). The SMILES string of the molecule is CC(CC(=O)O)CN1Cc2ccccc2C1. The molecule has 1 N–H and O–H groups in total. The molecule has 1 unspecified atom stereocenters. The molecule has 0 radical (unpaired) electrons. The third-order valence-electron chi connectivity index (χ3n) is 3.00. The first-order valence-corrected chi connectivity index (χ1v) is 5.66. The Morgan fingerprint density at radius 3 is 2.44 bits per heavy atom. The van der Waals surface area contributed by atoms with E-state index in [2.05, 4.69) is 29.2 Å². The van der Waals surface area contributed by atoms with Crippen LogP contribution in [0.5, 0.6) is 0 Å². The van der Waals surface area contributed by atoms with Crippen LogP contribution in [0.3, 0.4) is 0 Å². The lowest BCUT2D eigenvalue weighted by atomic mass is 10.1. The maximum Gasteiger partial charge on any atom is 0.303 e. The first-order valence-electron chi connectivity index (χ1n) is 5.66. The van der Waals surface area contributed by atoms with Crippen molar-refractivity contribution in [3.8, 4) is 0 Å². The first-order chi connectivity index (χ1) is 7.65. The zero-order valence-electron chi connectivity index (χ0n) is 9.52. The number of hydrogen-bond donors (Lipinski definition) is 1. The van der Waals surface area contributed by atoms with Gasteiger partial charge in [-0.2, -0.15) is 0 Å². The van der Waals surface area contributed by atoms with Gasteiger partial charge in [-0.1, -0.05) is 31.2 Å². The highest BCUT2D eigenvalue weighted by Crippen LogP contribution is 2.23. The fraction of sp³-hybridized carbons (Fsp3) is 0.462. The largest absolute Gasteiger partial charge is 0.481 e. The summed E-state index contributed by atoms with van der Waals surface area (Å²) in [6.07, 6.45) is 0.257.